The minimum absolute atomic E-state index is 0. The van der Waals surface area contributed by atoms with E-state index in [2.05, 4.69) is 61.0 Å². The molecule has 2 rings (SSSR count). The molecule has 1 aromatic carbocycles. The molecule has 6 nitrogen and oxygen atoms in total. The predicted octanol–water partition coefficient (Wildman–Crippen LogP) is 3.79. The Morgan fingerprint density at radius 1 is 1.10 bits per heavy atom. The van der Waals surface area contributed by atoms with Crippen molar-refractivity contribution in [2.45, 2.75) is 51.8 Å². The van der Waals surface area contributed by atoms with Gasteiger partial charge in [-0.1, -0.05) is 30.3 Å². The van der Waals surface area contributed by atoms with Crippen LogP contribution in [-0.2, 0) is 5.60 Å². The number of hydrogen-bond acceptors (Lipinski definition) is 4. The molecule has 0 radical (unpaired) electrons. The average molecular weight is 514 g/mol. The summed E-state index contributed by atoms with van der Waals surface area (Å²) in [6.45, 7) is 11.8. The fraction of sp³-hybridized carbons (Fsp3) is 0.500. The Bertz CT molecular complexity index is 731. The minimum atomic E-state index is -1.12. The predicted molar refractivity (Wildman–Crippen MR) is 130 cm³/mol. The Labute approximate surface area is 191 Å². The van der Waals surface area contributed by atoms with Crippen molar-refractivity contribution >= 4 is 29.9 Å². The summed E-state index contributed by atoms with van der Waals surface area (Å²) in [5, 5.41) is 20.7. The summed E-state index contributed by atoms with van der Waals surface area (Å²) in [4.78, 5) is 4.71. The molecule has 7 heteroatoms. The second kappa shape index (κ2) is 11.6. The topological polar surface area (TPSA) is 81.8 Å². The normalized spacial score (nSPS) is 15.2. The van der Waals surface area contributed by atoms with Gasteiger partial charge in [-0.2, -0.15) is 0 Å². The number of rotatable bonds is 9. The summed E-state index contributed by atoms with van der Waals surface area (Å²) in [5.74, 6) is 1.19. The number of aliphatic imine (C=N–C) groups is 1. The Hall–Kier alpha value is -1.58. The van der Waals surface area contributed by atoms with Crippen LogP contribution in [0.2, 0.25) is 0 Å². The lowest BCUT2D eigenvalue weighted by Crippen LogP contribution is -2.47. The maximum Gasteiger partial charge on any atom is 0.191 e. The van der Waals surface area contributed by atoms with E-state index in [0.717, 1.165) is 6.54 Å². The largest absolute Gasteiger partial charge is 0.466 e. The van der Waals surface area contributed by atoms with Crippen LogP contribution in [0.15, 0.2) is 58.1 Å². The standard InChI is InChI=1S/C22H34N4O2.HI/c1-6-23-20(25-16-22(5,27)19-13-10-14-28-19)24-15-21(3,4)26-17(2)18-11-8-7-9-12-18;/h7-14,17,26-27H,6,15-16H2,1-5H3,(H2,23,24,25);1H. The van der Waals surface area contributed by atoms with Crippen molar-refractivity contribution in [3.8, 4) is 0 Å². The first-order valence-corrected chi connectivity index (χ1v) is 9.85. The van der Waals surface area contributed by atoms with E-state index in [-0.39, 0.29) is 35.6 Å². The van der Waals surface area contributed by atoms with Gasteiger partial charge in [0.1, 0.15) is 11.4 Å². The number of nitrogens with zero attached hydrogens (tertiary/aromatic N) is 1. The van der Waals surface area contributed by atoms with Gasteiger partial charge in [0.25, 0.3) is 0 Å². The van der Waals surface area contributed by atoms with E-state index in [1.165, 1.54) is 5.56 Å². The third kappa shape index (κ3) is 8.36. The van der Waals surface area contributed by atoms with Gasteiger partial charge >= 0.3 is 0 Å². The Morgan fingerprint density at radius 2 is 1.79 bits per heavy atom. The van der Waals surface area contributed by atoms with Gasteiger partial charge in [0.15, 0.2) is 5.96 Å². The second-order valence-electron chi connectivity index (χ2n) is 7.96. The number of furan rings is 1. The SMILES string of the molecule is CCNC(=NCC(C)(C)NC(C)c1ccccc1)NCC(C)(O)c1ccco1.I. The zero-order valence-electron chi connectivity index (χ0n) is 18.0. The van der Waals surface area contributed by atoms with Crippen LogP contribution in [0.25, 0.3) is 0 Å². The van der Waals surface area contributed by atoms with Gasteiger partial charge in [0.05, 0.1) is 19.4 Å². The second-order valence-corrected chi connectivity index (χ2v) is 7.96. The first-order chi connectivity index (χ1) is 13.2. The third-order valence-electron chi connectivity index (χ3n) is 4.54. The van der Waals surface area contributed by atoms with E-state index in [1.807, 2.05) is 13.0 Å². The van der Waals surface area contributed by atoms with Crippen molar-refractivity contribution in [3.63, 3.8) is 0 Å². The van der Waals surface area contributed by atoms with Gasteiger partial charge < -0.3 is 25.5 Å². The molecule has 0 aliphatic rings. The highest BCUT2D eigenvalue weighted by Gasteiger charge is 2.26. The number of benzene rings is 1. The molecule has 1 heterocycles. The van der Waals surface area contributed by atoms with Crippen LogP contribution < -0.4 is 16.0 Å². The Balaban J connectivity index is 0.00000420. The van der Waals surface area contributed by atoms with E-state index < -0.39 is 5.60 Å². The number of guanidine groups is 1. The molecule has 2 aromatic rings. The van der Waals surface area contributed by atoms with Crippen molar-refractivity contribution < 1.29 is 9.52 Å². The van der Waals surface area contributed by atoms with E-state index in [9.17, 15) is 5.11 Å². The first kappa shape index (κ1) is 25.5. The van der Waals surface area contributed by atoms with Gasteiger partial charge in [-0.05, 0) is 52.3 Å². The number of aliphatic hydroxyl groups is 1. The van der Waals surface area contributed by atoms with E-state index in [0.29, 0.717) is 24.8 Å². The van der Waals surface area contributed by atoms with Crippen molar-refractivity contribution in [1.29, 1.82) is 0 Å². The maximum absolute atomic E-state index is 10.6. The molecule has 162 valence electrons. The fourth-order valence-electron chi connectivity index (χ4n) is 3.00. The van der Waals surface area contributed by atoms with Crippen molar-refractivity contribution in [2.75, 3.05) is 19.6 Å². The quantitative estimate of drug-likeness (QED) is 0.233. The Morgan fingerprint density at radius 3 is 2.38 bits per heavy atom. The molecule has 4 N–H and O–H groups in total. The number of nitrogens with one attached hydrogen (secondary N) is 3. The molecular formula is C22H35IN4O2. The van der Waals surface area contributed by atoms with E-state index >= 15 is 0 Å². The van der Waals surface area contributed by atoms with Crippen LogP contribution in [0.1, 0.15) is 52.0 Å². The first-order valence-electron chi connectivity index (χ1n) is 9.85. The molecule has 29 heavy (non-hydrogen) atoms. The summed E-state index contributed by atoms with van der Waals surface area (Å²) in [6.07, 6.45) is 1.56. The van der Waals surface area contributed by atoms with Crippen LogP contribution >= 0.6 is 24.0 Å². The Kier molecular flexibility index (Phi) is 10.2. The highest BCUT2D eigenvalue weighted by Crippen LogP contribution is 2.20. The van der Waals surface area contributed by atoms with Crippen LogP contribution in [0.4, 0.5) is 0 Å². The van der Waals surface area contributed by atoms with Crippen molar-refractivity contribution in [1.82, 2.24) is 16.0 Å². The minimum Gasteiger partial charge on any atom is -0.466 e. The summed E-state index contributed by atoms with van der Waals surface area (Å²) in [5.41, 5.74) is -0.0600. The average Bonchev–Trinajstić information content (AvgIpc) is 3.20. The molecule has 1 aromatic heterocycles. The van der Waals surface area contributed by atoms with Crippen LogP contribution in [-0.4, -0.2) is 36.2 Å². The third-order valence-corrected chi connectivity index (χ3v) is 4.54. The van der Waals surface area contributed by atoms with Gasteiger partial charge in [-0.3, -0.25) is 4.99 Å². The molecule has 2 atom stereocenters. The fourth-order valence-corrected chi connectivity index (χ4v) is 3.00. The molecule has 0 fully saturated rings. The molecule has 0 bridgehead atoms. The molecule has 0 spiro atoms. The molecular weight excluding hydrogens is 479 g/mol. The molecule has 2 unspecified atom stereocenters. The van der Waals surface area contributed by atoms with Gasteiger partial charge in [0.2, 0.25) is 0 Å². The van der Waals surface area contributed by atoms with Gasteiger partial charge in [-0.25, -0.2) is 0 Å². The number of halogens is 1. The number of hydrogen-bond donors (Lipinski definition) is 4. The molecule has 0 saturated carbocycles. The highest BCUT2D eigenvalue weighted by atomic mass is 127. The smallest absolute Gasteiger partial charge is 0.191 e. The molecule has 0 saturated heterocycles. The zero-order valence-corrected chi connectivity index (χ0v) is 20.4. The highest BCUT2D eigenvalue weighted by molar-refractivity contribution is 14.0. The lowest BCUT2D eigenvalue weighted by molar-refractivity contribution is 0.0386. The molecule has 0 amide bonds. The van der Waals surface area contributed by atoms with Crippen LogP contribution in [0.3, 0.4) is 0 Å². The molecule has 0 aliphatic carbocycles. The lowest BCUT2D eigenvalue weighted by Gasteiger charge is -2.30. The maximum atomic E-state index is 10.6. The van der Waals surface area contributed by atoms with Gasteiger partial charge in [-0.15, -0.1) is 24.0 Å². The summed E-state index contributed by atoms with van der Waals surface area (Å²) in [7, 11) is 0. The van der Waals surface area contributed by atoms with Crippen LogP contribution in [0.5, 0.6) is 0 Å². The van der Waals surface area contributed by atoms with E-state index in [1.54, 1.807) is 25.3 Å². The van der Waals surface area contributed by atoms with E-state index in [4.69, 9.17) is 9.41 Å². The van der Waals surface area contributed by atoms with Crippen molar-refractivity contribution in [2.24, 2.45) is 4.99 Å². The van der Waals surface area contributed by atoms with Crippen LogP contribution in [0, 0.1) is 0 Å². The molecule has 0 aliphatic heterocycles. The summed E-state index contributed by atoms with van der Waals surface area (Å²) >= 11 is 0. The lowest BCUT2D eigenvalue weighted by atomic mass is 10.0. The van der Waals surface area contributed by atoms with Gasteiger partial charge in [0, 0.05) is 18.1 Å². The summed E-state index contributed by atoms with van der Waals surface area (Å²) in [6, 6.07) is 14.1. The zero-order chi connectivity index (χ0) is 20.6. The van der Waals surface area contributed by atoms with Crippen molar-refractivity contribution in [3.05, 3.63) is 60.1 Å². The monoisotopic (exact) mass is 514 g/mol. The summed E-state index contributed by atoms with van der Waals surface area (Å²) < 4.78 is 5.33.